The summed E-state index contributed by atoms with van der Waals surface area (Å²) < 4.78 is 0. The van der Waals surface area contributed by atoms with Gasteiger partial charge in [-0.3, -0.25) is 16.0 Å². The number of hydrogen-bond donors (Lipinski definition) is 2. The van der Waals surface area contributed by atoms with Crippen LogP contribution in [0.25, 0.3) is 0 Å². The summed E-state index contributed by atoms with van der Waals surface area (Å²) in [6.45, 7) is 0. The number of nitrogen functional groups attached to an aromatic ring is 1. The topological polar surface area (TPSA) is 81.2 Å². The highest BCUT2D eigenvalue weighted by atomic mass is 32.2. The van der Waals surface area contributed by atoms with Crippen molar-refractivity contribution in [2.75, 3.05) is 11.2 Å². The second kappa shape index (κ2) is 6.77. The Bertz CT molecular complexity index is 448. The minimum absolute atomic E-state index is 0.0204. The average Bonchev–Trinajstić information content (AvgIpc) is 2.91. The van der Waals surface area contributed by atoms with Gasteiger partial charge in [0.05, 0.1) is 4.92 Å². The number of nitrogens with two attached hydrogens (primary N) is 1. The van der Waals surface area contributed by atoms with Crippen molar-refractivity contribution in [3.8, 4) is 0 Å². The summed E-state index contributed by atoms with van der Waals surface area (Å²) >= 11 is 1.90. The molecule has 0 aliphatic heterocycles. The van der Waals surface area contributed by atoms with Crippen molar-refractivity contribution in [1.29, 1.82) is 0 Å². The molecule has 6 heteroatoms. The summed E-state index contributed by atoms with van der Waals surface area (Å²) in [6, 6.07) is 5.08. The zero-order valence-electron chi connectivity index (χ0n) is 10.8. The number of anilines is 1. The van der Waals surface area contributed by atoms with Crippen LogP contribution in [-0.2, 0) is 5.75 Å². The number of hydrogen-bond acceptors (Lipinski definition) is 5. The summed E-state index contributed by atoms with van der Waals surface area (Å²) in [5.74, 6) is 8.24. The van der Waals surface area contributed by atoms with E-state index >= 15 is 0 Å². The minimum atomic E-state index is -0.426. The molecular weight excluding hydrogens is 262 g/mol. The molecule has 0 heterocycles. The molecule has 1 aromatic carbocycles. The van der Waals surface area contributed by atoms with Crippen molar-refractivity contribution < 1.29 is 4.92 Å². The fourth-order valence-corrected chi connectivity index (χ4v) is 3.67. The van der Waals surface area contributed by atoms with Crippen LogP contribution in [0.5, 0.6) is 0 Å². The molecule has 1 aliphatic rings. The highest BCUT2D eigenvalue weighted by molar-refractivity contribution is 7.98. The predicted molar refractivity (Wildman–Crippen MR) is 79.0 cm³/mol. The number of nitro benzene ring substituents is 1. The molecule has 1 aliphatic carbocycles. The number of rotatable bonds is 6. The summed E-state index contributed by atoms with van der Waals surface area (Å²) in [7, 11) is 0. The molecule has 5 nitrogen and oxygen atoms in total. The first-order valence-corrected chi connectivity index (χ1v) is 7.68. The average molecular weight is 281 g/mol. The van der Waals surface area contributed by atoms with E-state index in [9.17, 15) is 10.1 Å². The molecule has 0 bridgehead atoms. The monoisotopic (exact) mass is 281 g/mol. The molecular formula is C13H19N3O2S. The van der Waals surface area contributed by atoms with Gasteiger partial charge >= 0.3 is 0 Å². The molecule has 1 fully saturated rings. The van der Waals surface area contributed by atoms with E-state index < -0.39 is 4.92 Å². The Morgan fingerprint density at radius 1 is 1.42 bits per heavy atom. The fourth-order valence-electron chi connectivity index (χ4n) is 2.47. The lowest BCUT2D eigenvalue weighted by atomic mass is 10.1. The zero-order chi connectivity index (χ0) is 13.7. The van der Waals surface area contributed by atoms with Crippen LogP contribution < -0.4 is 11.3 Å². The molecule has 1 aromatic rings. The van der Waals surface area contributed by atoms with Crippen molar-refractivity contribution >= 4 is 23.1 Å². The van der Waals surface area contributed by atoms with E-state index in [0.29, 0.717) is 5.69 Å². The third kappa shape index (κ3) is 3.84. The molecule has 0 aromatic heterocycles. The standard InChI is InChI=1S/C13H19N3O2S/c14-15-12-7-11(5-6-13(12)16(17)18)9-19-8-10-3-1-2-4-10/h5-7,10,15H,1-4,8-9,14H2. The molecule has 104 valence electrons. The van der Waals surface area contributed by atoms with Gasteiger partial charge in [-0.15, -0.1) is 0 Å². The van der Waals surface area contributed by atoms with Crippen molar-refractivity contribution in [2.45, 2.75) is 31.4 Å². The Balaban J connectivity index is 1.91. The Morgan fingerprint density at radius 2 is 2.16 bits per heavy atom. The van der Waals surface area contributed by atoms with Crippen LogP contribution in [0.2, 0.25) is 0 Å². The lowest BCUT2D eigenvalue weighted by molar-refractivity contribution is -0.384. The number of nitrogens with one attached hydrogen (secondary N) is 1. The van der Waals surface area contributed by atoms with E-state index in [1.54, 1.807) is 12.1 Å². The molecule has 0 atom stereocenters. The van der Waals surface area contributed by atoms with Gasteiger partial charge in [0.1, 0.15) is 5.69 Å². The van der Waals surface area contributed by atoms with Crippen LogP contribution in [0, 0.1) is 16.0 Å². The molecule has 0 spiro atoms. The normalized spacial score (nSPS) is 15.6. The van der Waals surface area contributed by atoms with Crippen LogP contribution in [0.3, 0.4) is 0 Å². The molecule has 1 saturated carbocycles. The van der Waals surface area contributed by atoms with E-state index in [1.165, 1.54) is 37.5 Å². The zero-order valence-corrected chi connectivity index (χ0v) is 11.6. The Kier molecular flexibility index (Phi) is 5.04. The quantitative estimate of drug-likeness (QED) is 0.475. The molecule has 2 rings (SSSR count). The number of nitro groups is 1. The molecule has 0 saturated heterocycles. The lowest BCUT2D eigenvalue weighted by Gasteiger charge is -2.09. The number of thioether (sulfide) groups is 1. The van der Waals surface area contributed by atoms with Gasteiger partial charge in [0.15, 0.2) is 0 Å². The van der Waals surface area contributed by atoms with Gasteiger partial charge in [0.2, 0.25) is 0 Å². The Labute approximate surface area is 117 Å². The van der Waals surface area contributed by atoms with Gasteiger partial charge < -0.3 is 5.43 Å². The highest BCUT2D eigenvalue weighted by Gasteiger charge is 2.16. The van der Waals surface area contributed by atoms with E-state index in [0.717, 1.165) is 17.2 Å². The van der Waals surface area contributed by atoms with E-state index in [1.807, 2.05) is 11.8 Å². The maximum Gasteiger partial charge on any atom is 0.293 e. The molecule has 0 unspecified atom stereocenters. The van der Waals surface area contributed by atoms with Gasteiger partial charge in [-0.05, 0) is 36.1 Å². The SMILES string of the molecule is NNc1cc(CSCC2CCCC2)ccc1[N+](=O)[O-]. The van der Waals surface area contributed by atoms with Gasteiger partial charge in [-0.2, -0.15) is 11.8 Å². The van der Waals surface area contributed by atoms with Crippen molar-refractivity contribution in [1.82, 2.24) is 0 Å². The minimum Gasteiger partial charge on any atom is -0.318 e. The van der Waals surface area contributed by atoms with Crippen LogP contribution in [0.4, 0.5) is 11.4 Å². The molecule has 0 radical (unpaired) electrons. The predicted octanol–water partition coefficient (Wildman–Crippen LogP) is 3.30. The Hall–Kier alpha value is -1.27. The third-order valence-corrected chi connectivity index (χ3v) is 4.75. The molecule has 19 heavy (non-hydrogen) atoms. The highest BCUT2D eigenvalue weighted by Crippen LogP contribution is 2.30. The summed E-state index contributed by atoms with van der Waals surface area (Å²) in [6.07, 6.45) is 5.43. The summed E-state index contributed by atoms with van der Waals surface area (Å²) in [5.41, 5.74) is 3.87. The maximum atomic E-state index is 10.8. The maximum absolute atomic E-state index is 10.8. The van der Waals surface area contributed by atoms with Crippen molar-refractivity contribution in [3.05, 3.63) is 33.9 Å². The Morgan fingerprint density at radius 3 is 2.79 bits per heavy atom. The summed E-state index contributed by atoms with van der Waals surface area (Å²) in [5, 5.41) is 10.8. The first kappa shape index (κ1) is 14.1. The number of benzene rings is 1. The van der Waals surface area contributed by atoms with E-state index in [4.69, 9.17) is 5.84 Å². The van der Waals surface area contributed by atoms with Crippen LogP contribution in [0.1, 0.15) is 31.2 Å². The van der Waals surface area contributed by atoms with E-state index in [-0.39, 0.29) is 5.69 Å². The summed E-state index contributed by atoms with van der Waals surface area (Å²) in [4.78, 5) is 10.4. The van der Waals surface area contributed by atoms with Crippen LogP contribution in [-0.4, -0.2) is 10.7 Å². The van der Waals surface area contributed by atoms with Crippen molar-refractivity contribution in [3.63, 3.8) is 0 Å². The first-order chi connectivity index (χ1) is 9.20. The van der Waals surface area contributed by atoms with Crippen LogP contribution in [0.15, 0.2) is 18.2 Å². The molecule has 3 N–H and O–H groups in total. The van der Waals surface area contributed by atoms with Crippen LogP contribution >= 0.6 is 11.8 Å². The molecule has 0 amide bonds. The largest absolute Gasteiger partial charge is 0.318 e. The van der Waals surface area contributed by atoms with Gasteiger partial charge in [0.25, 0.3) is 5.69 Å². The van der Waals surface area contributed by atoms with E-state index in [2.05, 4.69) is 5.43 Å². The number of nitrogens with zero attached hydrogens (tertiary/aromatic N) is 1. The third-order valence-electron chi connectivity index (χ3n) is 3.51. The first-order valence-electron chi connectivity index (χ1n) is 6.52. The number of hydrazine groups is 1. The van der Waals surface area contributed by atoms with Gasteiger partial charge in [-0.25, -0.2) is 0 Å². The van der Waals surface area contributed by atoms with Gasteiger partial charge in [0, 0.05) is 11.8 Å². The fraction of sp³-hybridized carbons (Fsp3) is 0.538. The second-order valence-electron chi connectivity index (χ2n) is 4.92. The smallest absolute Gasteiger partial charge is 0.293 e. The second-order valence-corrected chi connectivity index (χ2v) is 5.95. The van der Waals surface area contributed by atoms with Gasteiger partial charge in [-0.1, -0.05) is 18.9 Å². The van der Waals surface area contributed by atoms with Crippen molar-refractivity contribution in [2.24, 2.45) is 11.8 Å². The lowest BCUT2D eigenvalue weighted by Crippen LogP contribution is -2.09.